The summed E-state index contributed by atoms with van der Waals surface area (Å²) >= 11 is 6.37. The fraction of sp³-hybridized carbons (Fsp3) is 0.129. The van der Waals surface area contributed by atoms with E-state index in [0.717, 1.165) is 39.7 Å². The number of rotatable bonds is 7. The molecule has 0 amide bonds. The van der Waals surface area contributed by atoms with Gasteiger partial charge >= 0.3 is 0 Å². The number of halogens is 1. The van der Waals surface area contributed by atoms with Crippen molar-refractivity contribution in [1.82, 2.24) is 9.97 Å². The molecule has 1 aromatic heterocycles. The van der Waals surface area contributed by atoms with Crippen LogP contribution in [0.3, 0.4) is 0 Å². The zero-order valence-corrected chi connectivity index (χ0v) is 23.9. The van der Waals surface area contributed by atoms with Crippen LogP contribution in [-0.2, 0) is 10.0 Å². The average molecular weight is 584 g/mol. The quantitative estimate of drug-likeness (QED) is 0.229. The second-order valence-corrected chi connectivity index (χ2v) is 11.9. The Morgan fingerprint density at radius 1 is 0.927 bits per heavy atom. The minimum Gasteiger partial charge on any atom is -0.497 e. The highest BCUT2D eigenvalue weighted by Crippen LogP contribution is 2.39. The molecule has 4 aromatic carbocycles. The van der Waals surface area contributed by atoms with Crippen molar-refractivity contribution in [3.05, 3.63) is 113 Å². The van der Waals surface area contributed by atoms with Gasteiger partial charge < -0.3 is 4.74 Å². The Morgan fingerprint density at radius 3 is 2.39 bits per heavy atom. The van der Waals surface area contributed by atoms with Gasteiger partial charge in [0.2, 0.25) is 16.0 Å². The maximum Gasteiger partial charge on any atom is 0.247 e. The maximum atomic E-state index is 12.1. The van der Waals surface area contributed by atoms with Crippen LogP contribution < -0.4 is 14.5 Å². The van der Waals surface area contributed by atoms with Gasteiger partial charge in [-0.25, -0.2) is 23.4 Å². The van der Waals surface area contributed by atoms with Crippen molar-refractivity contribution < 1.29 is 13.2 Å². The van der Waals surface area contributed by atoms with Crippen molar-refractivity contribution in [2.45, 2.75) is 12.5 Å². The van der Waals surface area contributed by atoms with E-state index in [2.05, 4.69) is 4.72 Å². The molecule has 0 aliphatic carbocycles. The van der Waals surface area contributed by atoms with Crippen LogP contribution in [0.2, 0.25) is 5.02 Å². The van der Waals surface area contributed by atoms with Crippen LogP contribution in [0.1, 0.15) is 23.6 Å². The highest BCUT2D eigenvalue weighted by molar-refractivity contribution is 7.92. The first-order valence-corrected chi connectivity index (χ1v) is 15.2. The number of sulfonamides is 1. The highest BCUT2D eigenvalue weighted by atomic mass is 35.5. The van der Waals surface area contributed by atoms with Crippen LogP contribution in [0.5, 0.6) is 5.75 Å². The number of nitrogens with zero attached hydrogens (tertiary/aromatic N) is 4. The molecule has 0 bridgehead atoms. The maximum absolute atomic E-state index is 12.1. The predicted octanol–water partition coefficient (Wildman–Crippen LogP) is 6.69. The minimum atomic E-state index is -3.50. The Balaban J connectivity index is 1.53. The van der Waals surface area contributed by atoms with Crippen LogP contribution in [0, 0.1) is 0 Å². The molecule has 1 unspecified atom stereocenters. The van der Waals surface area contributed by atoms with Gasteiger partial charge in [0.1, 0.15) is 5.75 Å². The van der Waals surface area contributed by atoms with E-state index in [1.165, 1.54) is 0 Å². The molecule has 0 fully saturated rings. The number of hydrazone groups is 1. The average Bonchev–Trinajstić information content (AvgIpc) is 3.42. The molecule has 2 heterocycles. The van der Waals surface area contributed by atoms with Gasteiger partial charge in [0.05, 0.1) is 42.0 Å². The van der Waals surface area contributed by atoms with Crippen LogP contribution in [0.15, 0.2) is 102 Å². The summed E-state index contributed by atoms with van der Waals surface area (Å²) in [5, 5.41) is 8.25. The van der Waals surface area contributed by atoms with E-state index in [0.29, 0.717) is 34.4 Å². The molecule has 0 saturated heterocycles. The summed E-state index contributed by atoms with van der Waals surface area (Å²) in [6.45, 7) is 0. The molecule has 8 nitrogen and oxygen atoms in total. The molecule has 1 atom stereocenters. The largest absolute Gasteiger partial charge is 0.497 e. The van der Waals surface area contributed by atoms with Gasteiger partial charge in [-0.3, -0.25) is 4.72 Å². The molecule has 5 aromatic rings. The summed E-state index contributed by atoms with van der Waals surface area (Å²) < 4.78 is 32.2. The van der Waals surface area contributed by atoms with E-state index in [9.17, 15) is 8.42 Å². The van der Waals surface area contributed by atoms with Crippen LogP contribution in [-0.4, -0.2) is 37.5 Å². The van der Waals surface area contributed by atoms with E-state index in [4.69, 9.17) is 31.4 Å². The van der Waals surface area contributed by atoms with Crippen molar-refractivity contribution in [2.75, 3.05) is 23.1 Å². The predicted molar refractivity (Wildman–Crippen MR) is 164 cm³/mol. The molecule has 1 aliphatic heterocycles. The molecule has 0 spiro atoms. The van der Waals surface area contributed by atoms with Gasteiger partial charge in [-0.05, 0) is 42.0 Å². The molecule has 0 radical (unpaired) electrons. The Morgan fingerprint density at radius 2 is 1.66 bits per heavy atom. The van der Waals surface area contributed by atoms with Gasteiger partial charge in [0.25, 0.3) is 0 Å². The number of anilines is 2. The number of hydrogen-bond acceptors (Lipinski definition) is 7. The Hall–Kier alpha value is -4.47. The molecule has 6 rings (SSSR count). The lowest BCUT2D eigenvalue weighted by molar-refractivity contribution is 0.414. The second kappa shape index (κ2) is 10.8. The van der Waals surface area contributed by atoms with Gasteiger partial charge in [-0.15, -0.1) is 0 Å². The van der Waals surface area contributed by atoms with E-state index in [1.807, 2.05) is 89.9 Å². The summed E-state index contributed by atoms with van der Waals surface area (Å²) in [6, 6.07) is 30.2. The summed E-state index contributed by atoms with van der Waals surface area (Å²) in [5.74, 6) is 1.16. The van der Waals surface area contributed by atoms with Crippen molar-refractivity contribution in [2.24, 2.45) is 5.10 Å². The van der Waals surface area contributed by atoms with Crippen molar-refractivity contribution >= 4 is 49.9 Å². The number of benzene rings is 4. The van der Waals surface area contributed by atoms with Crippen LogP contribution in [0.25, 0.3) is 22.2 Å². The molecule has 1 N–H and O–H groups in total. The van der Waals surface area contributed by atoms with Crippen molar-refractivity contribution in [1.29, 1.82) is 0 Å². The SMILES string of the molecule is COc1ccc(C2CC(c3ccccc3NS(C)(=O)=O)=NN2c2nc(-c3ccccc3)c3cc(Cl)ccc3n2)cc1. The molecule has 1 aliphatic rings. The lowest BCUT2D eigenvalue weighted by Gasteiger charge is -2.23. The third kappa shape index (κ3) is 5.59. The zero-order valence-electron chi connectivity index (χ0n) is 22.3. The normalized spacial score (nSPS) is 15.1. The third-order valence-corrected chi connectivity index (χ3v) is 7.67. The number of ether oxygens (including phenoxy) is 1. The summed E-state index contributed by atoms with van der Waals surface area (Å²) in [4.78, 5) is 9.94. The monoisotopic (exact) mass is 583 g/mol. The number of fused-ring (bicyclic) bond motifs is 1. The summed E-state index contributed by atoms with van der Waals surface area (Å²) in [5.41, 5.74) is 5.24. The zero-order chi connectivity index (χ0) is 28.6. The number of methoxy groups -OCH3 is 1. The van der Waals surface area contributed by atoms with E-state index < -0.39 is 10.0 Å². The first-order valence-electron chi connectivity index (χ1n) is 12.9. The molecular weight excluding hydrogens is 558 g/mol. The van der Waals surface area contributed by atoms with Gasteiger partial charge in [0.15, 0.2) is 0 Å². The van der Waals surface area contributed by atoms with Gasteiger partial charge in [-0.2, -0.15) is 5.10 Å². The lowest BCUT2D eigenvalue weighted by atomic mass is 9.97. The molecule has 41 heavy (non-hydrogen) atoms. The number of hydrogen-bond donors (Lipinski definition) is 1. The first-order chi connectivity index (χ1) is 19.8. The molecule has 0 saturated carbocycles. The fourth-order valence-corrected chi connectivity index (χ4v) is 5.72. The highest BCUT2D eigenvalue weighted by Gasteiger charge is 2.33. The third-order valence-electron chi connectivity index (χ3n) is 6.84. The Bertz CT molecular complexity index is 1880. The summed E-state index contributed by atoms with van der Waals surface area (Å²) in [7, 11) is -1.87. The van der Waals surface area contributed by atoms with Crippen LogP contribution >= 0.6 is 11.6 Å². The lowest BCUT2D eigenvalue weighted by Crippen LogP contribution is -2.21. The number of aromatic nitrogens is 2. The smallest absolute Gasteiger partial charge is 0.247 e. The van der Waals surface area contributed by atoms with E-state index in [1.54, 1.807) is 19.2 Å². The Labute approximate surface area is 243 Å². The number of nitrogens with one attached hydrogen (secondary N) is 1. The van der Waals surface area contributed by atoms with E-state index in [-0.39, 0.29) is 6.04 Å². The molecule has 206 valence electrons. The van der Waals surface area contributed by atoms with Crippen molar-refractivity contribution in [3.8, 4) is 17.0 Å². The van der Waals surface area contributed by atoms with Gasteiger partial charge in [0, 0.05) is 28.0 Å². The summed E-state index contributed by atoms with van der Waals surface area (Å²) in [6.07, 6.45) is 1.63. The van der Waals surface area contributed by atoms with Gasteiger partial charge in [-0.1, -0.05) is 72.3 Å². The second-order valence-electron chi connectivity index (χ2n) is 9.70. The standard InChI is InChI=1S/C31H26ClN5O3S/c1-40-23-15-12-20(13-16-23)29-19-28(24-10-6-7-11-27(24)36-41(2,38)39)35-37(29)31-33-26-17-14-22(32)18-25(26)30(34-31)21-8-4-3-5-9-21/h3-18,29,36H,19H2,1-2H3. The minimum absolute atomic E-state index is 0.254. The van der Waals surface area contributed by atoms with E-state index >= 15 is 0 Å². The Kier molecular flexibility index (Phi) is 7.07. The molecular formula is C31H26ClN5O3S. The number of para-hydroxylation sites is 1. The van der Waals surface area contributed by atoms with Crippen LogP contribution in [0.4, 0.5) is 11.6 Å². The topological polar surface area (TPSA) is 96.8 Å². The molecule has 10 heteroatoms. The van der Waals surface area contributed by atoms with Crippen molar-refractivity contribution in [3.63, 3.8) is 0 Å². The fourth-order valence-electron chi connectivity index (χ4n) is 4.97. The first kappa shape index (κ1) is 26.7.